The van der Waals surface area contributed by atoms with Crippen molar-refractivity contribution < 1.29 is 38.6 Å². The molecule has 2 aliphatic heterocycles. The second kappa shape index (κ2) is 12.3. The number of ether oxygens (including phenoxy) is 4. The zero-order valence-corrected chi connectivity index (χ0v) is 22.2. The SMILES string of the molecule is COc1cc2c(cc1OCCCOC(C)C)N(C(=O)OCc1ccc([N+](=O)[O-])cc1)C(O)[C@@H]1CCCN1C2=O. The molecule has 2 aromatic rings. The van der Waals surface area contributed by atoms with Crippen LogP contribution in [0.4, 0.5) is 16.2 Å². The Balaban J connectivity index is 1.62. The first-order chi connectivity index (χ1) is 18.7. The Bertz CT molecular complexity index is 1200. The van der Waals surface area contributed by atoms with Crippen molar-refractivity contribution in [2.45, 2.75) is 58.1 Å². The van der Waals surface area contributed by atoms with Crippen molar-refractivity contribution in [1.82, 2.24) is 4.90 Å². The van der Waals surface area contributed by atoms with Crippen molar-refractivity contribution in [2.24, 2.45) is 0 Å². The van der Waals surface area contributed by atoms with E-state index in [0.29, 0.717) is 56.1 Å². The van der Waals surface area contributed by atoms with Gasteiger partial charge in [0, 0.05) is 31.2 Å². The molecule has 210 valence electrons. The Morgan fingerprint density at radius 3 is 2.59 bits per heavy atom. The van der Waals surface area contributed by atoms with Crippen LogP contribution in [0.3, 0.4) is 0 Å². The number of carbonyl (C=O) groups is 2. The zero-order valence-electron chi connectivity index (χ0n) is 22.2. The van der Waals surface area contributed by atoms with Gasteiger partial charge in [-0.3, -0.25) is 14.9 Å². The van der Waals surface area contributed by atoms with E-state index in [1.807, 2.05) is 13.8 Å². The van der Waals surface area contributed by atoms with Gasteiger partial charge in [0.1, 0.15) is 6.61 Å². The molecule has 2 amide bonds. The maximum absolute atomic E-state index is 13.5. The fourth-order valence-corrected chi connectivity index (χ4v) is 4.71. The van der Waals surface area contributed by atoms with E-state index >= 15 is 0 Å². The van der Waals surface area contributed by atoms with Crippen LogP contribution in [0.5, 0.6) is 11.5 Å². The van der Waals surface area contributed by atoms with Crippen LogP contribution in [0.25, 0.3) is 0 Å². The fourth-order valence-electron chi connectivity index (χ4n) is 4.71. The van der Waals surface area contributed by atoms with Crippen molar-refractivity contribution in [3.05, 3.63) is 57.6 Å². The lowest BCUT2D eigenvalue weighted by atomic mass is 10.1. The number of hydrogen-bond donors (Lipinski definition) is 1. The van der Waals surface area contributed by atoms with Crippen molar-refractivity contribution >= 4 is 23.4 Å². The van der Waals surface area contributed by atoms with E-state index < -0.39 is 23.3 Å². The molecule has 0 bridgehead atoms. The summed E-state index contributed by atoms with van der Waals surface area (Å²) < 4.78 is 22.5. The van der Waals surface area contributed by atoms with Crippen LogP contribution < -0.4 is 14.4 Å². The summed E-state index contributed by atoms with van der Waals surface area (Å²) >= 11 is 0. The molecule has 0 saturated carbocycles. The second-order valence-electron chi connectivity index (χ2n) is 9.61. The molecule has 1 fully saturated rings. The summed E-state index contributed by atoms with van der Waals surface area (Å²) in [5.74, 6) is 0.293. The van der Waals surface area contributed by atoms with Crippen LogP contribution in [-0.2, 0) is 16.1 Å². The molecule has 12 heteroatoms. The number of nitrogens with zero attached hydrogens (tertiary/aromatic N) is 3. The topological polar surface area (TPSA) is 141 Å². The van der Waals surface area contributed by atoms with Crippen LogP contribution in [0.1, 0.15) is 49.0 Å². The summed E-state index contributed by atoms with van der Waals surface area (Å²) in [7, 11) is 1.46. The Kier molecular flexibility index (Phi) is 8.87. The van der Waals surface area contributed by atoms with Gasteiger partial charge in [-0.2, -0.15) is 0 Å². The number of methoxy groups -OCH3 is 1. The molecular formula is C27H33N3O9. The third-order valence-electron chi connectivity index (χ3n) is 6.64. The summed E-state index contributed by atoms with van der Waals surface area (Å²) in [6, 6.07) is 8.02. The molecular weight excluding hydrogens is 510 g/mol. The number of anilines is 1. The highest BCUT2D eigenvalue weighted by molar-refractivity contribution is 6.06. The highest BCUT2D eigenvalue weighted by atomic mass is 16.6. The van der Waals surface area contributed by atoms with Gasteiger partial charge in [-0.05, 0) is 50.5 Å². The van der Waals surface area contributed by atoms with Gasteiger partial charge in [-0.15, -0.1) is 0 Å². The fraction of sp³-hybridized carbons (Fsp3) is 0.481. The van der Waals surface area contributed by atoms with Crippen LogP contribution in [-0.4, -0.2) is 72.2 Å². The maximum Gasteiger partial charge on any atom is 0.416 e. The summed E-state index contributed by atoms with van der Waals surface area (Å²) in [6.07, 6.45) is -0.321. The van der Waals surface area contributed by atoms with E-state index in [0.717, 1.165) is 4.90 Å². The van der Waals surface area contributed by atoms with Gasteiger partial charge in [0.2, 0.25) is 0 Å². The molecule has 39 heavy (non-hydrogen) atoms. The number of carbonyl (C=O) groups excluding carboxylic acids is 2. The molecule has 0 radical (unpaired) electrons. The van der Waals surface area contributed by atoms with Crippen molar-refractivity contribution in [2.75, 3.05) is 31.8 Å². The first kappa shape index (κ1) is 28.1. The molecule has 0 aliphatic carbocycles. The molecule has 0 spiro atoms. The van der Waals surface area contributed by atoms with Crippen LogP contribution in [0, 0.1) is 10.1 Å². The predicted octanol–water partition coefficient (Wildman–Crippen LogP) is 3.88. The molecule has 1 unspecified atom stereocenters. The van der Waals surface area contributed by atoms with Crippen molar-refractivity contribution in [1.29, 1.82) is 0 Å². The van der Waals surface area contributed by atoms with Gasteiger partial charge in [0.25, 0.3) is 11.6 Å². The van der Waals surface area contributed by atoms with Crippen LogP contribution >= 0.6 is 0 Å². The summed E-state index contributed by atoms with van der Waals surface area (Å²) in [5.41, 5.74) is 0.765. The Hall–Kier alpha value is -3.90. The number of amides is 2. The number of nitro groups is 1. The first-order valence-electron chi connectivity index (χ1n) is 12.9. The number of fused-ring (bicyclic) bond motifs is 2. The van der Waals surface area contributed by atoms with Gasteiger partial charge in [-0.1, -0.05) is 0 Å². The second-order valence-corrected chi connectivity index (χ2v) is 9.61. The predicted molar refractivity (Wildman–Crippen MR) is 140 cm³/mol. The van der Waals surface area contributed by atoms with Gasteiger partial charge < -0.3 is 29.0 Å². The van der Waals surface area contributed by atoms with Gasteiger partial charge in [0.05, 0.1) is 48.6 Å². The standard InChI is InChI=1S/C27H33N3O9/c1-17(2)37-12-5-13-38-24-15-22-20(14-23(24)36-3)25(31)28-11-4-6-21(28)26(32)29(22)27(33)39-16-18-7-9-19(10-8-18)30(34)35/h7-10,14-15,17,21,26,32H,4-6,11-13,16H2,1-3H3/t21-,26?/m0/s1. The van der Waals surface area contributed by atoms with Gasteiger partial charge in [-0.25, -0.2) is 9.69 Å². The smallest absolute Gasteiger partial charge is 0.416 e. The van der Waals surface area contributed by atoms with E-state index in [9.17, 15) is 24.8 Å². The third-order valence-corrected chi connectivity index (χ3v) is 6.64. The molecule has 2 atom stereocenters. The summed E-state index contributed by atoms with van der Waals surface area (Å²) in [5, 5.41) is 22.2. The van der Waals surface area contributed by atoms with E-state index in [1.54, 1.807) is 4.90 Å². The minimum absolute atomic E-state index is 0.0842. The van der Waals surface area contributed by atoms with Crippen molar-refractivity contribution in [3.63, 3.8) is 0 Å². The average Bonchev–Trinajstić information content (AvgIpc) is 3.39. The summed E-state index contributed by atoms with van der Waals surface area (Å²) in [4.78, 5) is 40.0. The number of non-ortho nitro benzene ring substituents is 1. The normalized spacial score (nSPS) is 18.4. The average molecular weight is 544 g/mol. The van der Waals surface area contributed by atoms with E-state index in [-0.39, 0.29) is 35.6 Å². The Labute approximate surface area is 226 Å². The minimum Gasteiger partial charge on any atom is -0.493 e. The molecule has 12 nitrogen and oxygen atoms in total. The highest BCUT2D eigenvalue weighted by Gasteiger charge is 2.45. The number of aliphatic hydroxyl groups is 1. The lowest BCUT2D eigenvalue weighted by Gasteiger charge is -2.31. The lowest BCUT2D eigenvalue weighted by Crippen LogP contribution is -2.50. The molecule has 1 N–H and O–H groups in total. The number of benzene rings is 2. The monoisotopic (exact) mass is 543 g/mol. The maximum atomic E-state index is 13.5. The number of rotatable bonds is 10. The highest BCUT2D eigenvalue weighted by Crippen LogP contribution is 2.41. The first-order valence-corrected chi connectivity index (χ1v) is 12.9. The Morgan fingerprint density at radius 1 is 1.18 bits per heavy atom. The quantitative estimate of drug-likeness (QED) is 0.268. The lowest BCUT2D eigenvalue weighted by molar-refractivity contribution is -0.384. The molecule has 4 rings (SSSR count). The van der Waals surface area contributed by atoms with Crippen LogP contribution in [0.2, 0.25) is 0 Å². The molecule has 2 aliphatic rings. The van der Waals surface area contributed by atoms with Crippen molar-refractivity contribution in [3.8, 4) is 11.5 Å². The van der Waals surface area contributed by atoms with Gasteiger partial charge >= 0.3 is 6.09 Å². The van der Waals surface area contributed by atoms with E-state index in [2.05, 4.69) is 0 Å². The van der Waals surface area contributed by atoms with Gasteiger partial charge in [0.15, 0.2) is 17.7 Å². The number of aliphatic hydroxyl groups excluding tert-OH is 1. The molecule has 2 aromatic carbocycles. The third kappa shape index (κ3) is 6.23. The largest absolute Gasteiger partial charge is 0.493 e. The van der Waals surface area contributed by atoms with E-state index in [4.69, 9.17) is 18.9 Å². The van der Waals surface area contributed by atoms with Crippen LogP contribution in [0.15, 0.2) is 36.4 Å². The molecule has 0 aromatic heterocycles. The Morgan fingerprint density at radius 2 is 1.92 bits per heavy atom. The summed E-state index contributed by atoms with van der Waals surface area (Å²) in [6.45, 7) is 4.95. The molecule has 2 heterocycles. The van der Waals surface area contributed by atoms with E-state index in [1.165, 1.54) is 43.5 Å². The number of hydrogen-bond acceptors (Lipinski definition) is 9. The zero-order chi connectivity index (χ0) is 28.1. The number of nitro benzene ring substituents is 1. The molecule has 1 saturated heterocycles. The minimum atomic E-state index is -1.36.